The van der Waals surface area contributed by atoms with Crippen LogP contribution in [0.15, 0.2) is 49.1 Å². The van der Waals surface area contributed by atoms with Gasteiger partial charge in [-0.1, -0.05) is 35.9 Å². The first kappa shape index (κ1) is 21.0. The van der Waals surface area contributed by atoms with Crippen LogP contribution < -0.4 is 5.01 Å². The zero-order chi connectivity index (χ0) is 21.6. The first-order chi connectivity index (χ1) is 15.1. The third-order valence-corrected chi connectivity index (χ3v) is 5.75. The van der Waals surface area contributed by atoms with Crippen LogP contribution >= 0.6 is 0 Å². The lowest BCUT2D eigenvalue weighted by Crippen LogP contribution is -2.36. The fourth-order valence-corrected chi connectivity index (χ4v) is 3.87. The number of aromatic nitrogens is 3. The van der Waals surface area contributed by atoms with Crippen molar-refractivity contribution in [1.82, 2.24) is 19.8 Å². The summed E-state index contributed by atoms with van der Waals surface area (Å²) in [6, 6.07) is 15.2. The van der Waals surface area contributed by atoms with E-state index in [-0.39, 0.29) is 0 Å². The number of benzene rings is 2. The Morgan fingerprint density at radius 2 is 1.71 bits per heavy atom. The number of ether oxygens (including phenoxy) is 1. The highest BCUT2D eigenvalue weighted by Gasteiger charge is 2.16. The topological polar surface area (TPSA) is 70.2 Å². The first-order valence-corrected chi connectivity index (χ1v) is 10.6. The molecule has 160 valence electrons. The molecule has 0 unspecified atom stereocenters. The van der Waals surface area contributed by atoms with Gasteiger partial charge in [-0.05, 0) is 42.2 Å². The molecule has 3 aromatic rings. The largest absolute Gasteiger partial charge is 0.379 e. The van der Waals surface area contributed by atoms with Crippen molar-refractivity contribution in [2.24, 2.45) is 0 Å². The molecule has 0 spiro atoms. The summed E-state index contributed by atoms with van der Waals surface area (Å²) in [4.78, 5) is 2.35. The van der Waals surface area contributed by atoms with E-state index in [0.717, 1.165) is 56.1 Å². The molecule has 31 heavy (non-hydrogen) atoms. The molecule has 2 heterocycles. The predicted molar refractivity (Wildman–Crippen MR) is 119 cm³/mol. The molecule has 2 aromatic carbocycles. The number of nitrogens with zero attached hydrogens (tertiary/aromatic N) is 6. The highest BCUT2D eigenvalue weighted by molar-refractivity contribution is 5.45. The summed E-state index contributed by atoms with van der Waals surface area (Å²) in [7, 11) is 0. The van der Waals surface area contributed by atoms with Crippen molar-refractivity contribution < 1.29 is 4.74 Å². The zero-order valence-electron chi connectivity index (χ0n) is 18.2. The number of morpholine rings is 1. The maximum Gasteiger partial charge on any atom is 0.139 e. The van der Waals surface area contributed by atoms with Crippen molar-refractivity contribution in [2.75, 3.05) is 31.3 Å². The molecular weight excluding hydrogens is 388 g/mol. The van der Waals surface area contributed by atoms with Gasteiger partial charge in [-0.2, -0.15) is 5.26 Å². The molecule has 0 amide bonds. The van der Waals surface area contributed by atoms with E-state index in [1.54, 1.807) is 12.7 Å². The molecule has 1 aliphatic heterocycles. The van der Waals surface area contributed by atoms with Gasteiger partial charge in [-0.25, -0.2) is 4.68 Å². The summed E-state index contributed by atoms with van der Waals surface area (Å²) >= 11 is 0. The standard InChI is InChI=1S/C24H28N6O/c1-19-3-5-21(6-4-19)14-29(30-17-26-27-18-30)16-23-12-24(22(13-25)11-20(23)2)15-28-7-9-31-10-8-28/h3-6,11-12,17-18H,7-10,14-16H2,1-2H3. The Bertz CT molecular complexity index is 1030. The molecular formula is C24H28N6O. The Morgan fingerprint density at radius 1 is 1.00 bits per heavy atom. The van der Waals surface area contributed by atoms with Crippen LogP contribution in [0.2, 0.25) is 0 Å². The monoisotopic (exact) mass is 416 g/mol. The minimum absolute atomic E-state index is 0.694. The number of rotatable bonds is 7. The molecule has 1 aromatic heterocycles. The number of hydrogen-bond acceptors (Lipinski definition) is 6. The van der Waals surface area contributed by atoms with E-state index in [0.29, 0.717) is 6.54 Å². The third kappa shape index (κ3) is 5.29. The Kier molecular flexibility index (Phi) is 6.60. The molecule has 1 saturated heterocycles. The molecule has 0 saturated carbocycles. The summed E-state index contributed by atoms with van der Waals surface area (Å²) in [5.41, 5.74) is 6.60. The van der Waals surface area contributed by atoms with E-state index in [4.69, 9.17) is 4.74 Å². The Labute approximate surface area is 183 Å². The van der Waals surface area contributed by atoms with Gasteiger partial charge in [0.2, 0.25) is 0 Å². The molecule has 0 radical (unpaired) electrons. The van der Waals surface area contributed by atoms with E-state index in [1.807, 2.05) is 10.7 Å². The lowest BCUT2D eigenvalue weighted by atomic mass is 9.98. The van der Waals surface area contributed by atoms with Crippen molar-refractivity contribution in [2.45, 2.75) is 33.5 Å². The number of hydrogen-bond donors (Lipinski definition) is 0. The molecule has 7 heteroatoms. The normalized spacial score (nSPS) is 14.4. The minimum atomic E-state index is 0.694. The van der Waals surface area contributed by atoms with Crippen molar-refractivity contribution in [3.05, 3.63) is 82.4 Å². The second-order valence-corrected chi connectivity index (χ2v) is 8.09. The van der Waals surface area contributed by atoms with Gasteiger partial charge in [0.1, 0.15) is 12.7 Å². The Balaban J connectivity index is 1.60. The van der Waals surface area contributed by atoms with Gasteiger partial charge in [0.25, 0.3) is 0 Å². The number of aryl methyl sites for hydroxylation is 2. The van der Waals surface area contributed by atoms with Crippen LogP contribution in [-0.4, -0.2) is 46.1 Å². The second-order valence-electron chi connectivity index (χ2n) is 8.09. The lowest BCUT2D eigenvalue weighted by Gasteiger charge is -2.28. The van der Waals surface area contributed by atoms with Crippen LogP contribution in [0.5, 0.6) is 0 Å². The van der Waals surface area contributed by atoms with Crippen LogP contribution in [0.25, 0.3) is 0 Å². The molecule has 0 N–H and O–H groups in total. The predicted octanol–water partition coefficient (Wildman–Crippen LogP) is 2.94. The van der Waals surface area contributed by atoms with Gasteiger partial charge in [-0.3, -0.25) is 4.90 Å². The quantitative estimate of drug-likeness (QED) is 0.590. The zero-order valence-corrected chi connectivity index (χ0v) is 18.2. The van der Waals surface area contributed by atoms with Crippen LogP contribution in [0, 0.1) is 25.2 Å². The van der Waals surface area contributed by atoms with Gasteiger partial charge in [0.05, 0.1) is 37.9 Å². The van der Waals surface area contributed by atoms with Gasteiger partial charge >= 0.3 is 0 Å². The molecule has 4 rings (SSSR count). The van der Waals surface area contributed by atoms with Crippen molar-refractivity contribution in [3.8, 4) is 6.07 Å². The van der Waals surface area contributed by atoms with Gasteiger partial charge in [-0.15, -0.1) is 10.2 Å². The minimum Gasteiger partial charge on any atom is -0.379 e. The van der Waals surface area contributed by atoms with E-state index in [1.165, 1.54) is 16.7 Å². The highest BCUT2D eigenvalue weighted by atomic mass is 16.5. The SMILES string of the molecule is Cc1ccc(CN(Cc2cc(CN3CCOCC3)c(C#N)cc2C)n2cnnc2)cc1. The van der Waals surface area contributed by atoms with Crippen molar-refractivity contribution >= 4 is 0 Å². The lowest BCUT2D eigenvalue weighted by molar-refractivity contribution is 0.0341. The van der Waals surface area contributed by atoms with Crippen LogP contribution in [0.4, 0.5) is 0 Å². The maximum absolute atomic E-state index is 9.69. The molecule has 0 aliphatic carbocycles. The summed E-state index contributed by atoms with van der Waals surface area (Å²) in [6.07, 6.45) is 3.45. The van der Waals surface area contributed by atoms with E-state index >= 15 is 0 Å². The van der Waals surface area contributed by atoms with Crippen LogP contribution in [-0.2, 0) is 24.4 Å². The van der Waals surface area contributed by atoms with Gasteiger partial charge in [0, 0.05) is 19.6 Å². The highest BCUT2D eigenvalue weighted by Crippen LogP contribution is 2.21. The van der Waals surface area contributed by atoms with Gasteiger partial charge < -0.3 is 9.75 Å². The van der Waals surface area contributed by atoms with Crippen molar-refractivity contribution in [1.29, 1.82) is 5.26 Å². The molecule has 1 aliphatic rings. The maximum atomic E-state index is 9.69. The molecule has 7 nitrogen and oxygen atoms in total. The second kappa shape index (κ2) is 9.73. The smallest absolute Gasteiger partial charge is 0.139 e. The fourth-order valence-electron chi connectivity index (χ4n) is 3.87. The molecule has 1 fully saturated rings. The Hall–Kier alpha value is -3.21. The molecule has 0 atom stereocenters. The Morgan fingerprint density at radius 3 is 2.39 bits per heavy atom. The van der Waals surface area contributed by atoms with Crippen LogP contribution in [0.1, 0.15) is 33.4 Å². The van der Waals surface area contributed by atoms with Crippen LogP contribution in [0.3, 0.4) is 0 Å². The summed E-state index contributed by atoms with van der Waals surface area (Å²) < 4.78 is 7.40. The average molecular weight is 417 g/mol. The number of nitriles is 1. The first-order valence-electron chi connectivity index (χ1n) is 10.6. The summed E-state index contributed by atoms with van der Waals surface area (Å²) in [6.45, 7) is 9.66. The molecule has 0 bridgehead atoms. The van der Waals surface area contributed by atoms with E-state index < -0.39 is 0 Å². The van der Waals surface area contributed by atoms with E-state index in [2.05, 4.69) is 70.4 Å². The third-order valence-electron chi connectivity index (χ3n) is 5.75. The van der Waals surface area contributed by atoms with Crippen molar-refractivity contribution in [3.63, 3.8) is 0 Å². The summed E-state index contributed by atoms with van der Waals surface area (Å²) in [5, 5.41) is 19.9. The van der Waals surface area contributed by atoms with E-state index in [9.17, 15) is 5.26 Å². The van der Waals surface area contributed by atoms with Gasteiger partial charge in [0.15, 0.2) is 0 Å². The average Bonchev–Trinajstić information content (AvgIpc) is 3.32. The fraction of sp³-hybridized carbons (Fsp3) is 0.375. The summed E-state index contributed by atoms with van der Waals surface area (Å²) in [5.74, 6) is 0.